The first-order chi connectivity index (χ1) is 10.3. The molecule has 1 aromatic heterocycles. The summed E-state index contributed by atoms with van der Waals surface area (Å²) in [7, 11) is 2.12. The van der Waals surface area contributed by atoms with Crippen molar-refractivity contribution < 1.29 is 0 Å². The first kappa shape index (κ1) is 11.0. The molecule has 0 bridgehead atoms. The van der Waals surface area contributed by atoms with Gasteiger partial charge in [0, 0.05) is 46.6 Å². The lowest BCUT2D eigenvalue weighted by Gasteiger charge is -2.20. The minimum absolute atomic E-state index is 1.21. The number of aromatic nitrogens is 1. The van der Waals surface area contributed by atoms with Crippen molar-refractivity contribution in [3.8, 4) is 0 Å². The molecule has 1 aliphatic heterocycles. The number of benzene rings is 3. The standard InChI is InChI=1S/C19H14N2/c1-21-11-12-5-2-3-6-14(12)19-15-7-4-8-16-18(15)13(10-20-16)9-17(19)21/h2-11,20H,1H3. The van der Waals surface area contributed by atoms with Gasteiger partial charge in [0.2, 0.25) is 0 Å². The number of nitrogens with one attached hydrogen (secondary N) is 1. The van der Waals surface area contributed by atoms with E-state index < -0.39 is 0 Å². The van der Waals surface area contributed by atoms with E-state index in [9.17, 15) is 0 Å². The lowest BCUT2D eigenvalue weighted by Crippen LogP contribution is -2.20. The van der Waals surface area contributed by atoms with Crippen LogP contribution in [0, 0.1) is 10.4 Å². The Morgan fingerprint density at radius 1 is 1.00 bits per heavy atom. The fourth-order valence-electron chi connectivity index (χ4n) is 3.57. The second-order valence-corrected chi connectivity index (χ2v) is 5.70. The average molecular weight is 270 g/mol. The Labute approximate surface area is 121 Å². The van der Waals surface area contributed by atoms with Gasteiger partial charge in [0.1, 0.15) is 0 Å². The van der Waals surface area contributed by atoms with Crippen LogP contribution < -0.4 is 10.1 Å². The normalized spacial score (nSPS) is 13.3. The van der Waals surface area contributed by atoms with E-state index >= 15 is 0 Å². The van der Waals surface area contributed by atoms with Gasteiger partial charge in [-0.1, -0.05) is 36.4 Å². The van der Waals surface area contributed by atoms with Crippen LogP contribution in [-0.4, -0.2) is 12.0 Å². The Balaban J connectivity index is 2.25. The molecule has 0 saturated carbocycles. The molecular formula is C19H14N2. The van der Waals surface area contributed by atoms with Crippen LogP contribution in [0.1, 0.15) is 0 Å². The van der Waals surface area contributed by atoms with Crippen molar-refractivity contribution in [3.05, 3.63) is 70.4 Å². The third-order valence-electron chi connectivity index (χ3n) is 4.50. The van der Waals surface area contributed by atoms with Crippen LogP contribution in [0.2, 0.25) is 0 Å². The van der Waals surface area contributed by atoms with E-state index in [1.165, 1.54) is 43.0 Å². The molecule has 0 radical (unpaired) electrons. The van der Waals surface area contributed by atoms with Crippen molar-refractivity contribution in [2.24, 2.45) is 0 Å². The van der Waals surface area contributed by atoms with Crippen LogP contribution >= 0.6 is 0 Å². The van der Waals surface area contributed by atoms with Crippen LogP contribution in [0.25, 0.3) is 27.9 Å². The first-order valence-electron chi connectivity index (χ1n) is 7.19. The third-order valence-corrected chi connectivity index (χ3v) is 4.50. The zero-order valence-electron chi connectivity index (χ0n) is 11.7. The van der Waals surface area contributed by atoms with Gasteiger partial charge in [-0.3, -0.25) is 0 Å². The van der Waals surface area contributed by atoms with E-state index in [0.29, 0.717) is 0 Å². The van der Waals surface area contributed by atoms with Crippen molar-refractivity contribution >= 4 is 33.6 Å². The van der Waals surface area contributed by atoms with Crippen LogP contribution in [0.4, 0.5) is 5.69 Å². The Kier molecular flexibility index (Phi) is 1.92. The number of aromatic amines is 1. The largest absolute Gasteiger partial charge is 0.361 e. The van der Waals surface area contributed by atoms with Gasteiger partial charge in [0.15, 0.2) is 0 Å². The summed E-state index contributed by atoms with van der Waals surface area (Å²) in [6, 6.07) is 17.4. The number of anilines is 1. The van der Waals surface area contributed by atoms with Gasteiger partial charge in [0.25, 0.3) is 0 Å². The molecule has 0 amide bonds. The quantitative estimate of drug-likeness (QED) is 0.518. The molecule has 2 heteroatoms. The molecule has 2 heterocycles. The molecular weight excluding hydrogens is 256 g/mol. The van der Waals surface area contributed by atoms with Crippen LogP contribution in [0.5, 0.6) is 0 Å². The smallest absolute Gasteiger partial charge is 0.0496 e. The van der Waals surface area contributed by atoms with E-state index in [2.05, 4.69) is 77.9 Å². The molecule has 3 aromatic carbocycles. The Morgan fingerprint density at radius 3 is 2.86 bits per heavy atom. The topological polar surface area (TPSA) is 19.0 Å². The maximum absolute atomic E-state index is 3.38. The minimum Gasteiger partial charge on any atom is -0.361 e. The van der Waals surface area contributed by atoms with E-state index in [4.69, 9.17) is 0 Å². The molecule has 100 valence electrons. The number of hydrogen-bond acceptors (Lipinski definition) is 1. The summed E-state index contributed by atoms with van der Waals surface area (Å²) in [5.74, 6) is 0. The predicted molar refractivity (Wildman–Crippen MR) is 88.0 cm³/mol. The summed E-state index contributed by atoms with van der Waals surface area (Å²) < 4.78 is 0. The third kappa shape index (κ3) is 1.32. The second-order valence-electron chi connectivity index (χ2n) is 5.70. The lowest BCUT2D eigenvalue weighted by molar-refractivity contribution is 1.22. The molecule has 1 N–H and O–H groups in total. The van der Waals surface area contributed by atoms with Crippen LogP contribution in [0.3, 0.4) is 0 Å². The van der Waals surface area contributed by atoms with Gasteiger partial charge >= 0.3 is 0 Å². The summed E-state index contributed by atoms with van der Waals surface area (Å²) in [6.45, 7) is 0. The SMILES string of the molecule is CN1C=c2ccccc2=c2c1cc1c[nH]c3cccc2c13. The molecule has 5 rings (SSSR count). The zero-order valence-corrected chi connectivity index (χ0v) is 11.7. The molecule has 0 atom stereocenters. The van der Waals surface area contributed by atoms with Crippen molar-refractivity contribution in [2.45, 2.75) is 0 Å². The fraction of sp³-hybridized carbons (Fsp3) is 0.0526. The molecule has 21 heavy (non-hydrogen) atoms. The summed E-state index contributed by atoms with van der Waals surface area (Å²) in [5.41, 5.74) is 2.48. The molecule has 0 unspecified atom stereocenters. The number of H-pyrrole nitrogens is 1. The first-order valence-corrected chi connectivity index (χ1v) is 7.19. The van der Waals surface area contributed by atoms with Crippen LogP contribution in [-0.2, 0) is 0 Å². The molecule has 0 saturated heterocycles. The zero-order chi connectivity index (χ0) is 14.0. The molecule has 4 aromatic rings. The van der Waals surface area contributed by atoms with E-state index in [1.807, 2.05) is 0 Å². The van der Waals surface area contributed by atoms with Gasteiger partial charge in [-0.05, 0) is 28.0 Å². The van der Waals surface area contributed by atoms with Crippen molar-refractivity contribution in [2.75, 3.05) is 11.9 Å². The summed E-state index contributed by atoms with van der Waals surface area (Å²) in [4.78, 5) is 5.61. The van der Waals surface area contributed by atoms with Gasteiger partial charge < -0.3 is 9.88 Å². The van der Waals surface area contributed by atoms with E-state index in [-0.39, 0.29) is 0 Å². The van der Waals surface area contributed by atoms with Crippen molar-refractivity contribution in [3.63, 3.8) is 0 Å². The Hall–Kier alpha value is -2.74. The predicted octanol–water partition coefficient (Wildman–Crippen LogP) is 3.51. The molecule has 2 nitrogen and oxygen atoms in total. The fourth-order valence-corrected chi connectivity index (χ4v) is 3.57. The highest BCUT2D eigenvalue weighted by Gasteiger charge is 2.13. The molecule has 0 aliphatic carbocycles. The van der Waals surface area contributed by atoms with Gasteiger partial charge in [-0.2, -0.15) is 0 Å². The second kappa shape index (κ2) is 3.67. The number of nitrogens with zero attached hydrogens (tertiary/aromatic N) is 1. The highest BCUT2D eigenvalue weighted by molar-refractivity contribution is 6.11. The van der Waals surface area contributed by atoms with Crippen molar-refractivity contribution in [1.29, 1.82) is 0 Å². The highest BCUT2D eigenvalue weighted by atomic mass is 15.1. The highest BCUT2D eigenvalue weighted by Crippen LogP contribution is 2.33. The molecule has 0 spiro atoms. The maximum Gasteiger partial charge on any atom is 0.0496 e. The average Bonchev–Trinajstić information content (AvgIpc) is 2.93. The summed E-state index contributed by atoms with van der Waals surface area (Å²) in [5, 5.41) is 7.88. The Morgan fingerprint density at radius 2 is 1.90 bits per heavy atom. The number of fused-ring (bicyclic) bond motifs is 3. The summed E-state index contributed by atoms with van der Waals surface area (Å²) >= 11 is 0. The maximum atomic E-state index is 3.38. The van der Waals surface area contributed by atoms with Crippen LogP contribution in [0.15, 0.2) is 54.7 Å². The minimum atomic E-state index is 1.21. The molecule has 1 aliphatic rings. The van der Waals surface area contributed by atoms with Gasteiger partial charge in [-0.15, -0.1) is 0 Å². The van der Waals surface area contributed by atoms with E-state index in [1.54, 1.807) is 0 Å². The Bertz CT molecular complexity index is 1150. The summed E-state index contributed by atoms with van der Waals surface area (Å²) in [6.07, 6.45) is 4.31. The monoisotopic (exact) mass is 270 g/mol. The number of rotatable bonds is 0. The lowest BCUT2D eigenvalue weighted by atomic mass is 9.99. The molecule has 0 fully saturated rings. The number of hydrogen-bond donors (Lipinski definition) is 1. The van der Waals surface area contributed by atoms with Gasteiger partial charge in [0.05, 0.1) is 0 Å². The van der Waals surface area contributed by atoms with Crippen molar-refractivity contribution in [1.82, 2.24) is 4.98 Å². The van der Waals surface area contributed by atoms with Gasteiger partial charge in [-0.25, -0.2) is 0 Å². The van der Waals surface area contributed by atoms with E-state index in [0.717, 1.165) is 0 Å².